The van der Waals surface area contributed by atoms with Gasteiger partial charge in [-0.25, -0.2) is 8.42 Å². The molecule has 0 atom stereocenters. The van der Waals surface area contributed by atoms with Crippen molar-refractivity contribution in [3.8, 4) is 0 Å². The van der Waals surface area contributed by atoms with Crippen molar-refractivity contribution in [2.75, 3.05) is 18.8 Å². The van der Waals surface area contributed by atoms with Crippen LogP contribution in [0.15, 0.2) is 23.1 Å². The molecular formula is C15H26N2O2S. The van der Waals surface area contributed by atoms with E-state index in [0.29, 0.717) is 23.7 Å². The summed E-state index contributed by atoms with van der Waals surface area (Å²) in [6.07, 6.45) is 3.72. The van der Waals surface area contributed by atoms with Crippen LogP contribution in [0.2, 0.25) is 0 Å². The van der Waals surface area contributed by atoms with Crippen LogP contribution in [0.4, 0.5) is 5.69 Å². The van der Waals surface area contributed by atoms with Crippen molar-refractivity contribution in [3.63, 3.8) is 0 Å². The number of rotatable bonds is 8. The average molecular weight is 298 g/mol. The maximum atomic E-state index is 12.7. The van der Waals surface area contributed by atoms with E-state index in [0.717, 1.165) is 31.2 Å². The molecule has 0 aromatic heterocycles. The van der Waals surface area contributed by atoms with Crippen LogP contribution in [0.25, 0.3) is 0 Å². The van der Waals surface area contributed by atoms with Crippen LogP contribution in [0.3, 0.4) is 0 Å². The predicted molar refractivity (Wildman–Crippen MR) is 84.2 cm³/mol. The van der Waals surface area contributed by atoms with E-state index in [2.05, 4.69) is 13.8 Å². The van der Waals surface area contributed by atoms with Gasteiger partial charge >= 0.3 is 0 Å². The standard InChI is InChI=1S/C15H26N2O2S/c1-4-6-8-17(9-7-5-2)20(18,19)15-11-13(3)10-14(16)12-15/h10-12H,4-9,16H2,1-3H3. The van der Waals surface area contributed by atoms with E-state index >= 15 is 0 Å². The molecule has 0 saturated carbocycles. The highest BCUT2D eigenvalue weighted by atomic mass is 32.2. The van der Waals surface area contributed by atoms with E-state index in [4.69, 9.17) is 5.73 Å². The molecule has 1 rings (SSSR count). The molecule has 20 heavy (non-hydrogen) atoms. The second kappa shape index (κ2) is 7.64. The molecule has 0 bridgehead atoms. The van der Waals surface area contributed by atoms with Gasteiger partial charge in [0.15, 0.2) is 0 Å². The summed E-state index contributed by atoms with van der Waals surface area (Å²) < 4.78 is 27.0. The molecule has 0 aliphatic carbocycles. The largest absolute Gasteiger partial charge is 0.399 e. The van der Waals surface area contributed by atoms with Crippen LogP contribution in [0.1, 0.15) is 45.1 Å². The lowest BCUT2D eigenvalue weighted by atomic mass is 10.2. The van der Waals surface area contributed by atoms with Gasteiger partial charge in [0.1, 0.15) is 0 Å². The topological polar surface area (TPSA) is 63.4 Å². The fourth-order valence-electron chi connectivity index (χ4n) is 2.10. The number of anilines is 1. The van der Waals surface area contributed by atoms with Crippen LogP contribution in [0.5, 0.6) is 0 Å². The lowest BCUT2D eigenvalue weighted by molar-refractivity contribution is 0.395. The summed E-state index contributed by atoms with van der Waals surface area (Å²) in [5.74, 6) is 0. The number of hydrogen-bond acceptors (Lipinski definition) is 3. The highest BCUT2D eigenvalue weighted by molar-refractivity contribution is 7.89. The maximum absolute atomic E-state index is 12.7. The number of aryl methyl sites for hydroxylation is 1. The minimum atomic E-state index is -3.44. The summed E-state index contributed by atoms with van der Waals surface area (Å²) in [5.41, 5.74) is 7.14. The fraction of sp³-hybridized carbons (Fsp3) is 0.600. The van der Waals surface area contributed by atoms with Gasteiger partial charge in [-0.3, -0.25) is 0 Å². The Kier molecular flexibility index (Phi) is 6.49. The van der Waals surface area contributed by atoms with Crippen LogP contribution in [-0.4, -0.2) is 25.8 Å². The fourth-order valence-corrected chi connectivity index (χ4v) is 3.75. The molecule has 5 heteroatoms. The quantitative estimate of drug-likeness (QED) is 0.750. The smallest absolute Gasteiger partial charge is 0.243 e. The molecule has 0 spiro atoms. The Morgan fingerprint density at radius 3 is 2.05 bits per heavy atom. The van der Waals surface area contributed by atoms with Crippen molar-refractivity contribution in [1.29, 1.82) is 0 Å². The minimum absolute atomic E-state index is 0.308. The molecule has 0 aliphatic heterocycles. The molecule has 2 N–H and O–H groups in total. The monoisotopic (exact) mass is 298 g/mol. The number of unbranched alkanes of at least 4 members (excludes halogenated alkanes) is 2. The molecule has 114 valence electrons. The summed E-state index contributed by atoms with van der Waals surface area (Å²) in [6.45, 7) is 7.14. The summed E-state index contributed by atoms with van der Waals surface area (Å²) >= 11 is 0. The van der Waals surface area contributed by atoms with Gasteiger partial charge in [-0.1, -0.05) is 26.7 Å². The number of benzene rings is 1. The van der Waals surface area contributed by atoms with Gasteiger partial charge in [-0.15, -0.1) is 0 Å². The van der Waals surface area contributed by atoms with Gasteiger partial charge in [0.25, 0.3) is 0 Å². The van der Waals surface area contributed by atoms with E-state index in [1.165, 1.54) is 0 Å². The van der Waals surface area contributed by atoms with Crippen molar-refractivity contribution in [2.45, 2.75) is 51.3 Å². The van der Waals surface area contributed by atoms with E-state index in [1.54, 1.807) is 22.5 Å². The predicted octanol–water partition coefficient (Wildman–Crippen LogP) is 3.17. The number of nitrogens with two attached hydrogens (primary N) is 1. The Balaban J connectivity index is 3.07. The van der Waals surface area contributed by atoms with Crippen LogP contribution >= 0.6 is 0 Å². The van der Waals surface area contributed by atoms with Gasteiger partial charge < -0.3 is 5.73 Å². The minimum Gasteiger partial charge on any atom is -0.399 e. The summed E-state index contributed by atoms with van der Waals surface area (Å²) in [7, 11) is -3.44. The highest BCUT2D eigenvalue weighted by Crippen LogP contribution is 2.21. The Morgan fingerprint density at radius 1 is 1.05 bits per heavy atom. The van der Waals surface area contributed by atoms with Crippen molar-refractivity contribution in [3.05, 3.63) is 23.8 Å². The van der Waals surface area contributed by atoms with Crippen molar-refractivity contribution < 1.29 is 8.42 Å². The molecule has 0 radical (unpaired) electrons. The summed E-state index contributed by atoms with van der Waals surface area (Å²) in [5, 5.41) is 0. The zero-order valence-corrected chi connectivity index (χ0v) is 13.5. The molecule has 4 nitrogen and oxygen atoms in total. The first kappa shape index (κ1) is 17.0. The second-order valence-electron chi connectivity index (χ2n) is 5.19. The maximum Gasteiger partial charge on any atom is 0.243 e. The van der Waals surface area contributed by atoms with Gasteiger partial charge in [0.05, 0.1) is 4.90 Å². The average Bonchev–Trinajstić information content (AvgIpc) is 2.37. The van der Waals surface area contributed by atoms with Crippen molar-refractivity contribution in [1.82, 2.24) is 4.31 Å². The first-order chi connectivity index (χ1) is 9.41. The zero-order valence-electron chi connectivity index (χ0n) is 12.7. The Morgan fingerprint density at radius 2 is 1.60 bits per heavy atom. The van der Waals surface area contributed by atoms with Crippen molar-refractivity contribution >= 4 is 15.7 Å². The third-order valence-corrected chi connectivity index (χ3v) is 5.11. The second-order valence-corrected chi connectivity index (χ2v) is 7.13. The zero-order chi connectivity index (χ0) is 15.2. The van der Waals surface area contributed by atoms with Crippen LogP contribution in [0, 0.1) is 6.92 Å². The van der Waals surface area contributed by atoms with E-state index in [9.17, 15) is 8.42 Å². The Labute approximate surface area is 123 Å². The first-order valence-electron chi connectivity index (χ1n) is 7.29. The summed E-state index contributed by atoms with van der Waals surface area (Å²) in [4.78, 5) is 0.308. The molecule has 0 fully saturated rings. The molecular weight excluding hydrogens is 272 g/mol. The molecule has 0 saturated heterocycles. The lowest BCUT2D eigenvalue weighted by Gasteiger charge is -2.22. The number of hydrogen-bond donors (Lipinski definition) is 1. The van der Waals surface area contributed by atoms with Gasteiger partial charge in [-0.05, 0) is 43.5 Å². The lowest BCUT2D eigenvalue weighted by Crippen LogP contribution is -2.33. The van der Waals surface area contributed by atoms with Gasteiger partial charge in [0, 0.05) is 18.8 Å². The molecule has 0 unspecified atom stereocenters. The SMILES string of the molecule is CCCCN(CCCC)S(=O)(=O)c1cc(C)cc(N)c1. The Bertz CT molecular complexity index is 498. The molecule has 0 aliphatic rings. The van der Waals surface area contributed by atoms with E-state index in [-0.39, 0.29) is 0 Å². The van der Waals surface area contributed by atoms with Gasteiger partial charge in [-0.2, -0.15) is 4.31 Å². The normalized spacial score (nSPS) is 12.0. The number of sulfonamides is 1. The number of nitrogen functional groups attached to an aromatic ring is 1. The van der Waals surface area contributed by atoms with Crippen molar-refractivity contribution in [2.24, 2.45) is 0 Å². The highest BCUT2D eigenvalue weighted by Gasteiger charge is 2.23. The summed E-state index contributed by atoms with van der Waals surface area (Å²) in [6, 6.07) is 5.02. The third-order valence-electron chi connectivity index (χ3n) is 3.23. The van der Waals surface area contributed by atoms with E-state index in [1.807, 2.05) is 6.92 Å². The van der Waals surface area contributed by atoms with Gasteiger partial charge in [0.2, 0.25) is 10.0 Å². The van der Waals surface area contributed by atoms with E-state index < -0.39 is 10.0 Å². The van der Waals surface area contributed by atoms with Crippen LogP contribution in [-0.2, 0) is 10.0 Å². The molecule has 1 aromatic rings. The Hall–Kier alpha value is -1.07. The molecule has 1 aromatic carbocycles. The number of nitrogens with zero attached hydrogens (tertiary/aromatic N) is 1. The third kappa shape index (κ3) is 4.49. The molecule has 0 heterocycles. The molecule has 0 amide bonds. The van der Waals surface area contributed by atoms with Crippen LogP contribution < -0.4 is 5.73 Å². The first-order valence-corrected chi connectivity index (χ1v) is 8.73.